The topological polar surface area (TPSA) is 66.5 Å². The van der Waals surface area contributed by atoms with Gasteiger partial charge >= 0.3 is 12.4 Å². The number of amides is 2. The van der Waals surface area contributed by atoms with E-state index < -0.39 is 57.6 Å². The van der Waals surface area contributed by atoms with Crippen molar-refractivity contribution in [2.45, 2.75) is 51.1 Å². The molecule has 2 aromatic rings. The Morgan fingerprint density at radius 2 is 1.59 bits per heavy atom. The highest BCUT2D eigenvalue weighted by Crippen LogP contribution is 2.52. The fourth-order valence-corrected chi connectivity index (χ4v) is 4.84. The quantitative estimate of drug-likeness (QED) is 0.544. The molecule has 11 heteroatoms. The van der Waals surface area contributed by atoms with E-state index in [9.17, 15) is 40.7 Å². The molecule has 1 unspecified atom stereocenters. The predicted octanol–water partition coefficient (Wildman–Crippen LogP) is 5.42. The van der Waals surface area contributed by atoms with Crippen LogP contribution in [0, 0.1) is 5.41 Å². The number of hydrogen-bond donors (Lipinski definition) is 1. The summed E-state index contributed by atoms with van der Waals surface area (Å²) in [7, 11) is 0. The van der Waals surface area contributed by atoms with Crippen molar-refractivity contribution in [2.24, 2.45) is 5.41 Å². The molecule has 1 atom stereocenters. The number of alkyl halides is 6. The number of carbonyl (C=O) groups excluding carboxylic acids is 3. The van der Waals surface area contributed by atoms with Gasteiger partial charge in [-0.3, -0.25) is 14.4 Å². The number of benzene rings is 2. The van der Waals surface area contributed by atoms with E-state index in [1.165, 1.54) is 0 Å². The average Bonchev–Trinajstić information content (AvgIpc) is 3.01. The SMILES string of the molecule is CC1(C)CC(=O)C2=C(C1)N(Cc1ccccc1)C(=O)C2(NC(=O)c1cccc(C(F)(F)F)c1)C(F)(F)F. The summed E-state index contributed by atoms with van der Waals surface area (Å²) in [6.45, 7) is 3.06. The van der Waals surface area contributed by atoms with Crippen molar-refractivity contribution in [3.63, 3.8) is 0 Å². The molecule has 0 spiro atoms. The summed E-state index contributed by atoms with van der Waals surface area (Å²) in [5, 5.41) is 1.65. The van der Waals surface area contributed by atoms with Crippen molar-refractivity contribution in [3.05, 3.63) is 82.6 Å². The standard InChI is InChI=1S/C26H22F6N2O3/c1-23(2)12-18-20(19(35)13-23)24(26(30,31)32,22(37)34(18)14-15-7-4-3-5-8-15)33-21(36)16-9-6-10-17(11-16)25(27,28)29/h3-11H,12-14H2,1-2H3,(H,33,36). The van der Waals surface area contributed by atoms with Crippen molar-refractivity contribution in [1.82, 2.24) is 10.2 Å². The summed E-state index contributed by atoms with van der Waals surface area (Å²) >= 11 is 0. The van der Waals surface area contributed by atoms with E-state index in [0.717, 1.165) is 17.0 Å². The highest BCUT2D eigenvalue weighted by atomic mass is 19.4. The van der Waals surface area contributed by atoms with Gasteiger partial charge in [-0.1, -0.05) is 50.2 Å². The molecular weight excluding hydrogens is 502 g/mol. The zero-order valence-corrected chi connectivity index (χ0v) is 19.8. The normalized spacial score (nSPS) is 21.8. The molecule has 1 N–H and O–H groups in total. The van der Waals surface area contributed by atoms with Gasteiger partial charge in [-0.2, -0.15) is 26.3 Å². The molecule has 196 valence electrons. The maximum atomic E-state index is 14.8. The number of rotatable bonds is 4. The molecule has 37 heavy (non-hydrogen) atoms. The van der Waals surface area contributed by atoms with Crippen LogP contribution in [0.25, 0.3) is 0 Å². The smallest absolute Gasteiger partial charge is 0.326 e. The summed E-state index contributed by atoms with van der Waals surface area (Å²) in [6.07, 6.45) is -10.7. The van der Waals surface area contributed by atoms with Crippen molar-refractivity contribution < 1.29 is 40.7 Å². The van der Waals surface area contributed by atoms with Crippen LogP contribution in [0.15, 0.2) is 65.9 Å². The van der Waals surface area contributed by atoms with Crippen molar-refractivity contribution in [3.8, 4) is 0 Å². The van der Waals surface area contributed by atoms with Gasteiger partial charge in [0.05, 0.1) is 17.7 Å². The second kappa shape index (κ2) is 8.74. The minimum atomic E-state index is -5.47. The van der Waals surface area contributed by atoms with Gasteiger partial charge < -0.3 is 10.2 Å². The Morgan fingerprint density at radius 3 is 2.19 bits per heavy atom. The minimum Gasteiger partial charge on any atom is -0.326 e. The highest BCUT2D eigenvalue weighted by Gasteiger charge is 2.71. The van der Waals surface area contributed by atoms with E-state index in [0.29, 0.717) is 17.7 Å². The fourth-order valence-electron chi connectivity index (χ4n) is 4.84. The average molecular weight is 524 g/mol. The van der Waals surface area contributed by atoms with E-state index in [2.05, 4.69) is 0 Å². The zero-order valence-electron chi connectivity index (χ0n) is 19.8. The minimum absolute atomic E-state index is 0.0517. The molecule has 1 aliphatic carbocycles. The lowest BCUT2D eigenvalue weighted by Gasteiger charge is -2.35. The Morgan fingerprint density at radius 1 is 0.946 bits per heavy atom. The Balaban J connectivity index is 1.86. The van der Waals surface area contributed by atoms with Crippen LogP contribution in [0.2, 0.25) is 0 Å². The van der Waals surface area contributed by atoms with Crippen LogP contribution < -0.4 is 5.32 Å². The first-order chi connectivity index (χ1) is 17.1. The lowest BCUT2D eigenvalue weighted by Crippen LogP contribution is -2.66. The summed E-state index contributed by atoms with van der Waals surface area (Å²) in [6, 6.07) is 11.0. The van der Waals surface area contributed by atoms with Crippen molar-refractivity contribution in [1.29, 1.82) is 0 Å². The lowest BCUT2D eigenvalue weighted by molar-refractivity contribution is -0.190. The molecule has 0 bridgehead atoms. The molecule has 0 radical (unpaired) electrons. The Labute approximate surface area is 208 Å². The van der Waals surface area contributed by atoms with E-state index in [-0.39, 0.29) is 25.1 Å². The molecule has 4 rings (SSSR count). The zero-order chi connectivity index (χ0) is 27.4. The van der Waals surface area contributed by atoms with Crippen LogP contribution in [-0.4, -0.2) is 34.2 Å². The summed E-state index contributed by atoms with van der Waals surface area (Å²) < 4.78 is 83.9. The summed E-state index contributed by atoms with van der Waals surface area (Å²) in [5.74, 6) is -4.11. The first-order valence-electron chi connectivity index (χ1n) is 11.3. The molecular formula is C26H22F6N2O3. The van der Waals surface area contributed by atoms with Gasteiger partial charge in [0.25, 0.3) is 11.8 Å². The van der Waals surface area contributed by atoms with Crippen LogP contribution >= 0.6 is 0 Å². The third-order valence-corrected chi connectivity index (χ3v) is 6.48. The van der Waals surface area contributed by atoms with Gasteiger partial charge in [-0.25, -0.2) is 0 Å². The third kappa shape index (κ3) is 4.62. The molecule has 2 aromatic carbocycles. The molecule has 0 saturated heterocycles. The van der Waals surface area contributed by atoms with Gasteiger partial charge in [0.1, 0.15) is 0 Å². The molecule has 5 nitrogen and oxygen atoms in total. The number of ketones is 1. The fraction of sp³-hybridized carbons (Fsp3) is 0.346. The summed E-state index contributed by atoms with van der Waals surface area (Å²) in [4.78, 5) is 40.6. The van der Waals surface area contributed by atoms with E-state index in [4.69, 9.17) is 0 Å². The van der Waals surface area contributed by atoms with Gasteiger partial charge in [-0.15, -0.1) is 0 Å². The number of allylic oxidation sites excluding steroid dienone is 1. The number of nitrogens with one attached hydrogen (secondary N) is 1. The molecule has 0 fully saturated rings. The van der Waals surface area contributed by atoms with Crippen LogP contribution in [0.3, 0.4) is 0 Å². The van der Waals surface area contributed by atoms with Crippen molar-refractivity contribution >= 4 is 17.6 Å². The number of carbonyl (C=O) groups is 3. The van der Waals surface area contributed by atoms with Crippen LogP contribution in [0.5, 0.6) is 0 Å². The van der Waals surface area contributed by atoms with Crippen LogP contribution in [0.1, 0.15) is 48.2 Å². The predicted molar refractivity (Wildman–Crippen MR) is 120 cm³/mol. The Kier molecular flexibility index (Phi) is 6.24. The Hall–Kier alpha value is -3.63. The second-order valence-electron chi connectivity index (χ2n) is 9.92. The third-order valence-electron chi connectivity index (χ3n) is 6.48. The van der Waals surface area contributed by atoms with Gasteiger partial charge in [0, 0.05) is 17.7 Å². The molecule has 2 amide bonds. The molecule has 0 aromatic heterocycles. The van der Waals surface area contributed by atoms with Gasteiger partial charge in [0.2, 0.25) is 5.54 Å². The molecule has 2 aliphatic rings. The maximum Gasteiger partial charge on any atom is 0.425 e. The highest BCUT2D eigenvalue weighted by molar-refractivity contribution is 6.14. The van der Waals surface area contributed by atoms with E-state index >= 15 is 0 Å². The van der Waals surface area contributed by atoms with Crippen LogP contribution in [0.4, 0.5) is 26.3 Å². The van der Waals surface area contributed by atoms with E-state index in [1.54, 1.807) is 49.5 Å². The second-order valence-corrected chi connectivity index (χ2v) is 9.92. The number of halogens is 6. The Bertz CT molecular complexity index is 1300. The van der Waals surface area contributed by atoms with E-state index in [1.807, 2.05) is 0 Å². The molecule has 1 heterocycles. The summed E-state index contributed by atoms with van der Waals surface area (Å²) in [5.41, 5.74) is -7.05. The van der Waals surface area contributed by atoms with Gasteiger partial charge in [0.15, 0.2) is 5.78 Å². The molecule has 1 aliphatic heterocycles. The van der Waals surface area contributed by atoms with Crippen LogP contribution in [-0.2, 0) is 22.3 Å². The number of Topliss-reactive ketones (excluding diaryl/α,β-unsaturated/α-hetero) is 1. The lowest BCUT2D eigenvalue weighted by atomic mass is 9.72. The maximum absolute atomic E-state index is 14.8. The van der Waals surface area contributed by atoms with Crippen molar-refractivity contribution in [2.75, 3.05) is 0 Å². The first kappa shape index (κ1) is 26.4. The number of hydrogen-bond acceptors (Lipinski definition) is 3. The molecule has 0 saturated carbocycles. The number of nitrogens with zero attached hydrogens (tertiary/aromatic N) is 1. The largest absolute Gasteiger partial charge is 0.425 e. The first-order valence-corrected chi connectivity index (χ1v) is 11.3. The monoisotopic (exact) mass is 524 g/mol. The van der Waals surface area contributed by atoms with Gasteiger partial charge in [-0.05, 0) is 35.6 Å².